The summed E-state index contributed by atoms with van der Waals surface area (Å²) in [6.45, 7) is 7.14. The van der Waals surface area contributed by atoms with Gasteiger partial charge in [0.05, 0.1) is 12.1 Å². The normalized spacial score (nSPS) is 11.0. The highest BCUT2D eigenvalue weighted by Crippen LogP contribution is 2.29. The van der Waals surface area contributed by atoms with Gasteiger partial charge in [-0.2, -0.15) is 5.10 Å². The van der Waals surface area contributed by atoms with E-state index in [9.17, 15) is 14.0 Å². The number of fused-ring (bicyclic) bond motifs is 1. The van der Waals surface area contributed by atoms with Gasteiger partial charge in [-0.3, -0.25) is 9.59 Å². The first-order chi connectivity index (χ1) is 15.2. The van der Waals surface area contributed by atoms with Crippen LogP contribution < -0.4 is 5.32 Å². The number of aryl methyl sites for hydroxylation is 3. The fourth-order valence-electron chi connectivity index (χ4n) is 3.86. The first kappa shape index (κ1) is 21.4. The van der Waals surface area contributed by atoms with Gasteiger partial charge in [-0.15, -0.1) is 0 Å². The van der Waals surface area contributed by atoms with E-state index in [1.54, 1.807) is 40.9 Å². The highest BCUT2D eigenvalue weighted by molar-refractivity contribution is 5.97. The summed E-state index contributed by atoms with van der Waals surface area (Å²) < 4.78 is 15.1. The lowest BCUT2D eigenvalue weighted by molar-refractivity contribution is -0.115. The van der Waals surface area contributed by atoms with Crippen LogP contribution >= 0.6 is 0 Å². The molecule has 162 valence electrons. The molecule has 0 fully saturated rings. The van der Waals surface area contributed by atoms with E-state index in [-0.39, 0.29) is 23.9 Å². The van der Waals surface area contributed by atoms with E-state index in [0.717, 1.165) is 33.8 Å². The number of aromatic nitrogens is 3. The number of anilines is 1. The lowest BCUT2D eigenvalue weighted by Crippen LogP contribution is -2.18. The Morgan fingerprint density at radius 2 is 1.75 bits per heavy atom. The topological polar surface area (TPSA) is 76.4 Å². The van der Waals surface area contributed by atoms with Crippen LogP contribution in [0.5, 0.6) is 0 Å². The summed E-state index contributed by atoms with van der Waals surface area (Å²) >= 11 is 0. The van der Waals surface area contributed by atoms with E-state index < -0.39 is 0 Å². The molecular formula is C25H23FN4O2. The molecule has 2 heterocycles. The number of carbonyl (C=O) groups is 2. The smallest absolute Gasteiger partial charge is 0.228 e. The van der Waals surface area contributed by atoms with Crippen LogP contribution in [0.1, 0.15) is 39.9 Å². The van der Waals surface area contributed by atoms with Crippen LogP contribution in [0.15, 0.2) is 48.5 Å². The van der Waals surface area contributed by atoms with E-state index >= 15 is 0 Å². The Balaban J connectivity index is 1.67. The third kappa shape index (κ3) is 4.01. The monoisotopic (exact) mass is 430 g/mol. The summed E-state index contributed by atoms with van der Waals surface area (Å²) in [6, 6.07) is 13.1. The predicted molar refractivity (Wildman–Crippen MR) is 121 cm³/mol. The van der Waals surface area contributed by atoms with Gasteiger partial charge < -0.3 is 5.32 Å². The molecule has 1 amide bonds. The summed E-state index contributed by atoms with van der Waals surface area (Å²) in [5.74, 6) is -0.570. The standard InChI is InChI=1S/C25H23FN4O2/c1-14-22(13-23(32)28-21-7-5-6-19(12-21)17(4)31)16(3)30-25(27-14)24(15(2)29-30)18-8-10-20(26)11-9-18/h5-12H,13H2,1-4H3,(H,28,32). The Kier molecular flexibility index (Phi) is 5.57. The maximum atomic E-state index is 13.4. The third-order valence-corrected chi connectivity index (χ3v) is 5.52. The molecule has 0 spiro atoms. The molecule has 0 saturated carbocycles. The van der Waals surface area contributed by atoms with Crippen molar-refractivity contribution in [2.24, 2.45) is 0 Å². The first-order valence-electron chi connectivity index (χ1n) is 10.3. The molecule has 7 heteroatoms. The Labute approximate surface area is 185 Å². The molecule has 2 aromatic heterocycles. The van der Waals surface area contributed by atoms with Crippen LogP contribution in [0.25, 0.3) is 16.8 Å². The fraction of sp³-hybridized carbons (Fsp3) is 0.200. The zero-order valence-corrected chi connectivity index (χ0v) is 18.4. The second kappa shape index (κ2) is 8.34. The van der Waals surface area contributed by atoms with Crippen molar-refractivity contribution in [1.82, 2.24) is 14.6 Å². The largest absolute Gasteiger partial charge is 0.326 e. The van der Waals surface area contributed by atoms with Crippen LogP contribution in [0.4, 0.5) is 10.1 Å². The molecule has 4 rings (SSSR count). The van der Waals surface area contributed by atoms with Gasteiger partial charge >= 0.3 is 0 Å². The van der Waals surface area contributed by atoms with E-state index in [4.69, 9.17) is 4.98 Å². The van der Waals surface area contributed by atoms with Gasteiger partial charge in [-0.25, -0.2) is 13.9 Å². The maximum absolute atomic E-state index is 13.4. The van der Waals surface area contributed by atoms with Gasteiger partial charge in [0.2, 0.25) is 5.91 Å². The van der Waals surface area contributed by atoms with E-state index in [1.807, 2.05) is 20.8 Å². The lowest BCUT2D eigenvalue weighted by atomic mass is 10.0. The van der Waals surface area contributed by atoms with Crippen LogP contribution in [-0.4, -0.2) is 26.3 Å². The van der Waals surface area contributed by atoms with Gasteiger partial charge in [0.1, 0.15) is 5.82 Å². The number of halogens is 1. The molecule has 0 unspecified atom stereocenters. The van der Waals surface area contributed by atoms with Crippen molar-refractivity contribution in [3.05, 3.63) is 82.6 Å². The molecule has 0 atom stereocenters. The Bertz CT molecular complexity index is 1360. The van der Waals surface area contributed by atoms with Crippen molar-refractivity contribution in [2.45, 2.75) is 34.1 Å². The molecule has 0 aliphatic carbocycles. The number of Topliss-reactive ketones (excluding diaryl/α,β-unsaturated/α-hetero) is 1. The van der Waals surface area contributed by atoms with Gasteiger partial charge in [0.15, 0.2) is 11.4 Å². The molecule has 0 radical (unpaired) electrons. The Morgan fingerprint density at radius 1 is 1.03 bits per heavy atom. The van der Waals surface area contributed by atoms with Crippen molar-refractivity contribution in [1.29, 1.82) is 0 Å². The minimum atomic E-state index is -0.301. The molecular weight excluding hydrogens is 407 g/mol. The van der Waals surface area contributed by atoms with Crippen molar-refractivity contribution < 1.29 is 14.0 Å². The van der Waals surface area contributed by atoms with E-state index in [2.05, 4.69) is 10.4 Å². The maximum Gasteiger partial charge on any atom is 0.228 e. The third-order valence-electron chi connectivity index (χ3n) is 5.52. The van der Waals surface area contributed by atoms with Crippen molar-refractivity contribution in [3.63, 3.8) is 0 Å². The summed E-state index contributed by atoms with van der Waals surface area (Å²) in [7, 11) is 0. The quantitative estimate of drug-likeness (QED) is 0.460. The van der Waals surface area contributed by atoms with Gasteiger partial charge in [0, 0.05) is 33.8 Å². The average Bonchev–Trinajstić information content (AvgIpc) is 3.08. The Hall–Kier alpha value is -3.87. The molecule has 0 bridgehead atoms. The minimum absolute atomic E-state index is 0.0616. The van der Waals surface area contributed by atoms with Crippen LogP contribution in [-0.2, 0) is 11.2 Å². The number of hydrogen-bond acceptors (Lipinski definition) is 4. The zero-order valence-electron chi connectivity index (χ0n) is 18.4. The number of ketones is 1. The lowest BCUT2D eigenvalue weighted by Gasteiger charge is -2.12. The number of carbonyl (C=O) groups excluding carboxylic acids is 2. The number of nitrogens with one attached hydrogen (secondary N) is 1. The summed E-state index contributed by atoms with van der Waals surface area (Å²) in [6.07, 6.45) is 0.121. The number of amides is 1. The summed E-state index contributed by atoms with van der Waals surface area (Å²) in [5.41, 5.74) is 6.55. The zero-order chi connectivity index (χ0) is 23.0. The van der Waals surface area contributed by atoms with Crippen LogP contribution in [0, 0.1) is 26.6 Å². The summed E-state index contributed by atoms with van der Waals surface area (Å²) in [5, 5.41) is 7.48. The van der Waals surface area contributed by atoms with Gasteiger partial charge in [0.25, 0.3) is 0 Å². The minimum Gasteiger partial charge on any atom is -0.326 e. The second-order valence-electron chi connectivity index (χ2n) is 7.83. The Morgan fingerprint density at radius 3 is 2.44 bits per heavy atom. The average molecular weight is 430 g/mol. The molecule has 0 aliphatic rings. The van der Waals surface area contributed by atoms with Crippen LogP contribution in [0.3, 0.4) is 0 Å². The van der Waals surface area contributed by atoms with Crippen molar-refractivity contribution in [2.75, 3.05) is 5.32 Å². The molecule has 0 saturated heterocycles. The highest BCUT2D eigenvalue weighted by Gasteiger charge is 2.19. The number of nitrogens with zero attached hydrogens (tertiary/aromatic N) is 3. The molecule has 1 N–H and O–H groups in total. The highest BCUT2D eigenvalue weighted by atomic mass is 19.1. The summed E-state index contributed by atoms with van der Waals surface area (Å²) in [4.78, 5) is 29.1. The number of hydrogen-bond donors (Lipinski definition) is 1. The molecule has 32 heavy (non-hydrogen) atoms. The van der Waals surface area contributed by atoms with Crippen molar-refractivity contribution in [3.8, 4) is 11.1 Å². The molecule has 4 aromatic rings. The molecule has 0 aliphatic heterocycles. The van der Waals surface area contributed by atoms with Crippen molar-refractivity contribution >= 4 is 23.0 Å². The van der Waals surface area contributed by atoms with Crippen LogP contribution in [0.2, 0.25) is 0 Å². The molecule has 2 aromatic carbocycles. The first-order valence-corrected chi connectivity index (χ1v) is 10.3. The number of rotatable bonds is 5. The predicted octanol–water partition coefficient (Wildman–Crippen LogP) is 4.84. The fourth-order valence-corrected chi connectivity index (χ4v) is 3.86. The number of benzene rings is 2. The van der Waals surface area contributed by atoms with Gasteiger partial charge in [-0.1, -0.05) is 24.3 Å². The van der Waals surface area contributed by atoms with E-state index in [1.165, 1.54) is 19.1 Å². The molecule has 6 nitrogen and oxygen atoms in total. The second-order valence-corrected chi connectivity index (χ2v) is 7.83. The van der Waals surface area contributed by atoms with Gasteiger partial charge in [-0.05, 0) is 57.5 Å². The van der Waals surface area contributed by atoms with E-state index in [0.29, 0.717) is 16.9 Å². The SMILES string of the molecule is CC(=O)c1cccc(NC(=O)Cc2c(C)nc3c(-c4ccc(F)cc4)c(C)nn3c2C)c1.